The van der Waals surface area contributed by atoms with E-state index < -0.39 is 36.6 Å². The van der Waals surface area contributed by atoms with E-state index in [2.05, 4.69) is 13.8 Å². The summed E-state index contributed by atoms with van der Waals surface area (Å²) in [6, 6.07) is 18.5. The van der Waals surface area contributed by atoms with Crippen LogP contribution in [0.25, 0.3) is 0 Å². The molecular formula is C28H42O6Sn. The van der Waals surface area contributed by atoms with Crippen molar-refractivity contribution in [1.82, 2.24) is 0 Å². The summed E-state index contributed by atoms with van der Waals surface area (Å²) in [5, 5.41) is 41.4. The van der Waals surface area contributed by atoms with Gasteiger partial charge in [-0.3, -0.25) is 0 Å². The van der Waals surface area contributed by atoms with Crippen molar-refractivity contribution in [3.05, 3.63) is 71.8 Å². The molecule has 0 saturated heterocycles. The van der Waals surface area contributed by atoms with Gasteiger partial charge in [0, 0.05) is 0 Å². The number of unbranched alkanes of at least 4 members (excludes halogenated alkanes) is 2. The average molecular weight is 593 g/mol. The Hall–Kier alpha value is -1.00. The molecule has 1 fully saturated rings. The first-order valence-electron chi connectivity index (χ1n) is 12.7. The zero-order valence-electron chi connectivity index (χ0n) is 21.0. The summed E-state index contributed by atoms with van der Waals surface area (Å²) < 4.78 is 14.4. The normalized spacial score (nSPS) is 26.1. The SMILES string of the molecule is CCC[CH2][Sn][CH2]CCC.O[C@@H]1C(OCc2ccccc2)[C@@H](O)[C@@H](O)C(OCc2ccccc2)[C@H]1O. The fraction of sp³-hybridized carbons (Fsp3) is 0.571. The largest absolute Gasteiger partial charge is 0.387 e. The Morgan fingerprint density at radius 2 is 0.943 bits per heavy atom. The van der Waals surface area contributed by atoms with Crippen LogP contribution >= 0.6 is 0 Å². The van der Waals surface area contributed by atoms with Crippen LogP contribution in [0.5, 0.6) is 0 Å². The summed E-state index contributed by atoms with van der Waals surface area (Å²) in [7, 11) is 0. The Morgan fingerprint density at radius 3 is 1.26 bits per heavy atom. The molecule has 1 aliphatic carbocycles. The first-order chi connectivity index (χ1) is 17.0. The van der Waals surface area contributed by atoms with E-state index in [1.165, 1.54) is 25.7 Å². The fourth-order valence-corrected chi connectivity index (χ4v) is 8.00. The number of aliphatic hydroxyl groups excluding tert-OH is 4. The molecule has 1 aliphatic rings. The van der Waals surface area contributed by atoms with Gasteiger partial charge in [0.25, 0.3) is 0 Å². The van der Waals surface area contributed by atoms with E-state index in [1.807, 2.05) is 60.7 Å². The van der Waals surface area contributed by atoms with Gasteiger partial charge in [-0.1, -0.05) is 60.7 Å². The van der Waals surface area contributed by atoms with Crippen molar-refractivity contribution in [3.8, 4) is 0 Å². The Bertz CT molecular complexity index is 696. The van der Waals surface area contributed by atoms with E-state index in [9.17, 15) is 20.4 Å². The van der Waals surface area contributed by atoms with E-state index in [4.69, 9.17) is 9.47 Å². The Balaban J connectivity index is 0.000000410. The molecule has 0 bridgehead atoms. The van der Waals surface area contributed by atoms with E-state index in [-0.39, 0.29) is 34.4 Å². The molecule has 7 heteroatoms. The van der Waals surface area contributed by atoms with E-state index in [0.717, 1.165) is 11.1 Å². The zero-order chi connectivity index (χ0) is 25.5. The third-order valence-corrected chi connectivity index (χ3v) is 10.1. The molecule has 0 amide bonds. The van der Waals surface area contributed by atoms with Crippen LogP contribution in [0.15, 0.2) is 60.7 Å². The number of hydrogen-bond acceptors (Lipinski definition) is 6. The van der Waals surface area contributed by atoms with Crippen LogP contribution in [0.3, 0.4) is 0 Å². The van der Waals surface area contributed by atoms with Gasteiger partial charge in [0.15, 0.2) is 0 Å². The third kappa shape index (κ3) is 10.5. The summed E-state index contributed by atoms with van der Waals surface area (Å²) in [6.07, 6.45) is -1.90. The summed E-state index contributed by atoms with van der Waals surface area (Å²) in [6.45, 7) is 4.88. The summed E-state index contributed by atoms with van der Waals surface area (Å²) in [4.78, 5) is 0. The number of rotatable bonds is 12. The van der Waals surface area contributed by atoms with Gasteiger partial charge in [-0.2, -0.15) is 0 Å². The minimum Gasteiger partial charge on any atom is -0.387 e. The quantitative estimate of drug-likeness (QED) is 0.221. The minimum atomic E-state index is -1.38. The minimum absolute atomic E-state index is 0.147. The molecule has 2 unspecified atom stereocenters. The van der Waals surface area contributed by atoms with Gasteiger partial charge in [0.1, 0.15) is 36.6 Å². The molecule has 1 saturated carbocycles. The van der Waals surface area contributed by atoms with Crippen molar-refractivity contribution in [1.29, 1.82) is 0 Å². The number of benzene rings is 2. The molecule has 6 nitrogen and oxygen atoms in total. The van der Waals surface area contributed by atoms with Crippen molar-refractivity contribution in [2.45, 2.75) is 98.2 Å². The second kappa shape index (κ2) is 17.5. The first-order valence-corrected chi connectivity index (χ1v) is 16.8. The van der Waals surface area contributed by atoms with Crippen molar-refractivity contribution in [2.75, 3.05) is 0 Å². The average Bonchev–Trinajstić information content (AvgIpc) is 2.89. The Morgan fingerprint density at radius 1 is 0.600 bits per heavy atom. The standard InChI is InChI=1S/C20H24O6.2C4H9.Sn/c21-15-17(23)20(26-12-14-9-5-2-6-10-14)18(24)16(22)19(15)25-11-13-7-3-1-4-8-13;2*1-3-4-2;/h1-10,15-24H,11-12H2;2*1,3-4H2,2H3;/t15-,16-,17-,18+,19?,20?;;;/m0.../s1. The predicted molar refractivity (Wildman–Crippen MR) is 139 cm³/mol. The van der Waals surface area contributed by atoms with Crippen LogP contribution in [0, 0.1) is 0 Å². The molecule has 0 spiro atoms. The number of ether oxygens (including phenoxy) is 2. The smallest absolute Gasteiger partial charge is 0.115 e. The van der Waals surface area contributed by atoms with Crippen LogP contribution in [0.4, 0.5) is 0 Å². The Kier molecular flexibility index (Phi) is 15.1. The monoisotopic (exact) mass is 594 g/mol. The van der Waals surface area contributed by atoms with Gasteiger partial charge in [-0.25, -0.2) is 0 Å². The van der Waals surface area contributed by atoms with Gasteiger partial charge >= 0.3 is 69.5 Å². The van der Waals surface area contributed by atoms with E-state index >= 15 is 0 Å². The second-order valence-corrected chi connectivity index (χ2v) is 13.2. The molecular weight excluding hydrogens is 551 g/mol. The van der Waals surface area contributed by atoms with E-state index in [0.29, 0.717) is 0 Å². The molecule has 4 N–H and O–H groups in total. The maximum absolute atomic E-state index is 10.3. The summed E-state index contributed by atoms with van der Waals surface area (Å²) >= 11 is 0.149. The van der Waals surface area contributed by atoms with Gasteiger partial charge in [-0.15, -0.1) is 0 Å². The van der Waals surface area contributed by atoms with Crippen LogP contribution in [0.2, 0.25) is 8.87 Å². The van der Waals surface area contributed by atoms with Crippen LogP contribution in [-0.4, -0.2) is 78.2 Å². The first kappa shape index (κ1) is 30.2. The molecule has 3 rings (SSSR count). The number of hydrogen-bond donors (Lipinski definition) is 4. The Labute approximate surface area is 220 Å². The van der Waals surface area contributed by atoms with Gasteiger partial charge in [0.05, 0.1) is 13.2 Å². The zero-order valence-corrected chi connectivity index (χ0v) is 23.9. The van der Waals surface area contributed by atoms with Crippen molar-refractivity contribution >= 4 is 21.1 Å². The molecule has 0 heterocycles. The maximum atomic E-state index is 10.3. The predicted octanol–water partition coefficient (Wildman–Crippen LogP) is 3.74. The molecule has 2 aromatic carbocycles. The van der Waals surface area contributed by atoms with Gasteiger partial charge < -0.3 is 29.9 Å². The van der Waals surface area contributed by atoms with Crippen LogP contribution in [0.1, 0.15) is 50.7 Å². The van der Waals surface area contributed by atoms with E-state index in [1.54, 1.807) is 8.87 Å². The van der Waals surface area contributed by atoms with Crippen molar-refractivity contribution in [2.24, 2.45) is 0 Å². The molecule has 2 radical (unpaired) electrons. The summed E-state index contributed by atoms with van der Waals surface area (Å²) in [5.41, 5.74) is 1.72. The van der Waals surface area contributed by atoms with Crippen molar-refractivity contribution < 1.29 is 29.9 Å². The fourth-order valence-electron chi connectivity index (χ4n) is 3.84. The van der Waals surface area contributed by atoms with Crippen molar-refractivity contribution in [3.63, 3.8) is 0 Å². The molecule has 2 aromatic rings. The van der Waals surface area contributed by atoms with Gasteiger partial charge in [0.2, 0.25) is 0 Å². The molecule has 6 atom stereocenters. The molecule has 0 aliphatic heterocycles. The van der Waals surface area contributed by atoms with Gasteiger partial charge in [-0.05, 0) is 11.1 Å². The molecule has 35 heavy (non-hydrogen) atoms. The van der Waals surface area contributed by atoms with Crippen LogP contribution < -0.4 is 0 Å². The third-order valence-electron chi connectivity index (χ3n) is 6.03. The molecule has 194 valence electrons. The molecule has 0 aromatic heterocycles. The topological polar surface area (TPSA) is 99.4 Å². The maximum Gasteiger partial charge on any atom is 0.115 e. The second-order valence-electron chi connectivity index (χ2n) is 8.94. The van der Waals surface area contributed by atoms with Crippen LogP contribution in [-0.2, 0) is 22.7 Å². The summed E-state index contributed by atoms with van der Waals surface area (Å²) in [5.74, 6) is 0. The number of aliphatic hydroxyl groups is 4.